The van der Waals surface area contributed by atoms with Crippen LogP contribution in [0.3, 0.4) is 0 Å². The Bertz CT molecular complexity index is 959. The van der Waals surface area contributed by atoms with Crippen molar-refractivity contribution in [2.75, 3.05) is 18.0 Å². The predicted octanol–water partition coefficient (Wildman–Crippen LogP) is 4.01. The maximum Gasteiger partial charge on any atom is 0.264 e. The summed E-state index contributed by atoms with van der Waals surface area (Å²) in [5, 5.41) is 3.18. The van der Waals surface area contributed by atoms with Crippen LogP contribution in [0.4, 0.5) is 5.69 Å². The van der Waals surface area contributed by atoms with Gasteiger partial charge in [0.2, 0.25) is 5.91 Å². The third-order valence-corrected chi connectivity index (χ3v) is 6.70. The Morgan fingerprint density at radius 3 is 2.31 bits per heavy atom. The van der Waals surface area contributed by atoms with Crippen LogP contribution in [0.25, 0.3) is 0 Å². The summed E-state index contributed by atoms with van der Waals surface area (Å²) in [6.45, 7) is 7.30. The summed E-state index contributed by atoms with van der Waals surface area (Å²) in [7, 11) is -2.60. The molecule has 0 saturated carbocycles. The number of hydrogen-bond acceptors (Lipinski definition) is 4. The highest BCUT2D eigenvalue weighted by Crippen LogP contribution is 2.34. The van der Waals surface area contributed by atoms with E-state index in [0.717, 1.165) is 9.87 Å². The Kier molecular flexibility index (Phi) is 7.54. The first-order valence-corrected chi connectivity index (χ1v) is 11.1. The molecule has 2 aromatic rings. The van der Waals surface area contributed by atoms with Crippen LogP contribution in [0.1, 0.15) is 26.3 Å². The summed E-state index contributed by atoms with van der Waals surface area (Å²) in [4.78, 5) is 12.7. The average molecular weight is 439 g/mol. The Morgan fingerprint density at radius 2 is 1.76 bits per heavy atom. The maximum atomic E-state index is 13.4. The molecule has 0 aliphatic heterocycles. The van der Waals surface area contributed by atoms with Crippen LogP contribution in [0.5, 0.6) is 5.75 Å². The zero-order valence-electron chi connectivity index (χ0n) is 17.3. The van der Waals surface area contributed by atoms with E-state index >= 15 is 0 Å². The topological polar surface area (TPSA) is 75.7 Å². The molecule has 2 rings (SSSR count). The van der Waals surface area contributed by atoms with Gasteiger partial charge in [0.05, 0.1) is 17.7 Å². The van der Waals surface area contributed by atoms with E-state index in [1.165, 1.54) is 25.3 Å². The van der Waals surface area contributed by atoms with E-state index in [-0.39, 0.29) is 22.5 Å². The monoisotopic (exact) mass is 438 g/mol. The van der Waals surface area contributed by atoms with E-state index in [1.807, 2.05) is 27.7 Å². The average Bonchev–Trinajstić information content (AvgIpc) is 2.66. The van der Waals surface area contributed by atoms with Crippen molar-refractivity contribution in [1.82, 2.24) is 5.32 Å². The molecule has 0 radical (unpaired) electrons. The fourth-order valence-electron chi connectivity index (χ4n) is 2.59. The van der Waals surface area contributed by atoms with Gasteiger partial charge in [-0.05, 0) is 50.1 Å². The van der Waals surface area contributed by atoms with Gasteiger partial charge in [-0.15, -0.1) is 0 Å². The molecule has 158 valence electrons. The van der Waals surface area contributed by atoms with Crippen molar-refractivity contribution in [1.29, 1.82) is 0 Å². The number of methoxy groups -OCH3 is 1. The number of amides is 1. The highest BCUT2D eigenvalue weighted by molar-refractivity contribution is 7.92. The SMILES string of the molecule is COc1ccc(Cl)cc1N(CC(=O)NC(C)C(C)C)S(=O)(=O)c1ccc(C)cc1. The summed E-state index contributed by atoms with van der Waals surface area (Å²) in [5.41, 5.74) is 1.13. The molecular formula is C21H27ClN2O4S. The van der Waals surface area contributed by atoms with E-state index in [4.69, 9.17) is 16.3 Å². The van der Waals surface area contributed by atoms with Gasteiger partial charge in [0, 0.05) is 11.1 Å². The quantitative estimate of drug-likeness (QED) is 0.675. The summed E-state index contributed by atoms with van der Waals surface area (Å²) >= 11 is 6.12. The van der Waals surface area contributed by atoms with Crippen LogP contribution in [0.15, 0.2) is 47.4 Å². The molecule has 0 aliphatic carbocycles. The summed E-state index contributed by atoms with van der Waals surface area (Å²) in [6.07, 6.45) is 0. The van der Waals surface area contributed by atoms with Crippen molar-refractivity contribution in [2.24, 2.45) is 5.92 Å². The molecule has 1 unspecified atom stereocenters. The lowest BCUT2D eigenvalue weighted by Gasteiger charge is -2.27. The Hall–Kier alpha value is -2.25. The molecule has 29 heavy (non-hydrogen) atoms. The van der Waals surface area contributed by atoms with Gasteiger partial charge >= 0.3 is 0 Å². The van der Waals surface area contributed by atoms with Gasteiger partial charge in [0.25, 0.3) is 10.0 Å². The minimum atomic E-state index is -4.04. The Labute approximate surface area is 177 Å². The van der Waals surface area contributed by atoms with Gasteiger partial charge in [-0.2, -0.15) is 0 Å². The van der Waals surface area contributed by atoms with Crippen LogP contribution in [-0.4, -0.2) is 34.0 Å². The van der Waals surface area contributed by atoms with Crippen LogP contribution in [0, 0.1) is 12.8 Å². The largest absolute Gasteiger partial charge is 0.495 e. The normalized spacial score (nSPS) is 12.5. The fourth-order valence-corrected chi connectivity index (χ4v) is 4.18. The third kappa shape index (κ3) is 5.64. The number of carbonyl (C=O) groups excluding carboxylic acids is 1. The lowest BCUT2D eigenvalue weighted by Crippen LogP contribution is -2.45. The minimum Gasteiger partial charge on any atom is -0.495 e. The molecule has 8 heteroatoms. The second kappa shape index (κ2) is 9.50. The first-order chi connectivity index (χ1) is 13.6. The van der Waals surface area contributed by atoms with Crippen LogP contribution in [0.2, 0.25) is 5.02 Å². The molecule has 2 aromatic carbocycles. The lowest BCUT2D eigenvalue weighted by atomic mass is 10.1. The van der Waals surface area contributed by atoms with E-state index in [0.29, 0.717) is 10.8 Å². The van der Waals surface area contributed by atoms with Crippen molar-refractivity contribution < 1.29 is 17.9 Å². The number of rotatable bonds is 8. The second-order valence-corrected chi connectivity index (χ2v) is 9.54. The lowest BCUT2D eigenvalue weighted by molar-refractivity contribution is -0.120. The number of halogens is 1. The molecule has 1 N–H and O–H groups in total. The highest BCUT2D eigenvalue weighted by atomic mass is 35.5. The smallest absolute Gasteiger partial charge is 0.264 e. The maximum absolute atomic E-state index is 13.4. The zero-order chi connectivity index (χ0) is 21.8. The van der Waals surface area contributed by atoms with Crippen molar-refractivity contribution in [3.05, 3.63) is 53.1 Å². The van der Waals surface area contributed by atoms with Crippen LogP contribution < -0.4 is 14.4 Å². The first kappa shape index (κ1) is 23.0. The van der Waals surface area contributed by atoms with Crippen molar-refractivity contribution in [2.45, 2.75) is 38.6 Å². The molecular weight excluding hydrogens is 412 g/mol. The zero-order valence-corrected chi connectivity index (χ0v) is 18.8. The van der Waals surface area contributed by atoms with E-state index in [9.17, 15) is 13.2 Å². The molecule has 0 spiro atoms. The molecule has 0 heterocycles. The Balaban J connectivity index is 2.53. The predicted molar refractivity (Wildman–Crippen MR) is 116 cm³/mol. The number of sulfonamides is 1. The van der Waals surface area contributed by atoms with Gasteiger partial charge in [-0.25, -0.2) is 8.42 Å². The van der Waals surface area contributed by atoms with Crippen LogP contribution >= 0.6 is 11.6 Å². The first-order valence-electron chi connectivity index (χ1n) is 9.28. The number of carbonyl (C=O) groups is 1. The van der Waals surface area contributed by atoms with E-state index in [1.54, 1.807) is 24.3 Å². The molecule has 1 amide bonds. The number of hydrogen-bond donors (Lipinski definition) is 1. The highest BCUT2D eigenvalue weighted by Gasteiger charge is 2.30. The van der Waals surface area contributed by atoms with Gasteiger partial charge < -0.3 is 10.1 Å². The van der Waals surface area contributed by atoms with Gasteiger partial charge in [0.15, 0.2) is 0 Å². The molecule has 6 nitrogen and oxygen atoms in total. The third-order valence-electron chi connectivity index (χ3n) is 4.69. The molecule has 0 saturated heterocycles. The van der Waals surface area contributed by atoms with Crippen molar-refractivity contribution in [3.8, 4) is 5.75 Å². The summed E-state index contributed by atoms with van der Waals surface area (Å²) in [5.74, 6) is 0.0977. The van der Waals surface area contributed by atoms with Crippen molar-refractivity contribution in [3.63, 3.8) is 0 Å². The molecule has 0 bridgehead atoms. The van der Waals surface area contributed by atoms with Gasteiger partial charge in [-0.1, -0.05) is 43.1 Å². The van der Waals surface area contributed by atoms with Gasteiger partial charge in [-0.3, -0.25) is 9.10 Å². The number of aryl methyl sites for hydroxylation is 1. The molecule has 0 aliphatic rings. The standard InChI is InChI=1S/C21H27ClN2O4S/c1-14(2)16(4)23-21(25)13-24(19-12-17(22)8-11-20(19)28-5)29(26,27)18-9-6-15(3)7-10-18/h6-12,14,16H,13H2,1-5H3,(H,23,25). The van der Waals surface area contributed by atoms with E-state index < -0.39 is 22.5 Å². The fraction of sp³-hybridized carbons (Fsp3) is 0.381. The number of anilines is 1. The second-order valence-electron chi connectivity index (χ2n) is 7.24. The molecule has 0 aromatic heterocycles. The Morgan fingerprint density at radius 1 is 1.14 bits per heavy atom. The summed E-state index contributed by atoms with van der Waals surface area (Å²) in [6, 6.07) is 11.0. The number of nitrogens with zero attached hydrogens (tertiary/aromatic N) is 1. The number of nitrogens with one attached hydrogen (secondary N) is 1. The summed E-state index contributed by atoms with van der Waals surface area (Å²) < 4.78 is 33.2. The van der Waals surface area contributed by atoms with Gasteiger partial charge in [0.1, 0.15) is 12.3 Å². The number of benzene rings is 2. The van der Waals surface area contributed by atoms with Crippen LogP contribution in [-0.2, 0) is 14.8 Å². The van der Waals surface area contributed by atoms with Crippen molar-refractivity contribution >= 4 is 33.2 Å². The van der Waals surface area contributed by atoms with E-state index in [2.05, 4.69) is 5.32 Å². The molecule has 0 fully saturated rings. The number of ether oxygens (including phenoxy) is 1. The molecule has 1 atom stereocenters. The minimum absolute atomic E-state index is 0.0786.